The van der Waals surface area contributed by atoms with E-state index in [9.17, 15) is 35.1 Å². The maximum Gasteiger partial charge on any atom is 0.416 e. The number of anilines is 5. The topological polar surface area (TPSA) is 326 Å². The number of carbonyl (C=O) groups excluding carboxylic acids is 1. The monoisotopic (exact) mass is 1720 g/mol. The van der Waals surface area contributed by atoms with Crippen molar-refractivity contribution < 1.29 is 53.2 Å². The van der Waals surface area contributed by atoms with Crippen LogP contribution in [0.25, 0.3) is 33.8 Å². The fraction of sp³-hybridized carbons (Fsp3) is 0.165. The van der Waals surface area contributed by atoms with Crippen LogP contribution in [0.4, 0.5) is 28.4 Å². The van der Waals surface area contributed by atoms with Crippen LogP contribution in [0.5, 0.6) is 28.7 Å². The van der Waals surface area contributed by atoms with Gasteiger partial charge in [-0.1, -0.05) is 181 Å². The van der Waals surface area contributed by atoms with Gasteiger partial charge in [-0.2, -0.15) is 0 Å². The van der Waals surface area contributed by atoms with Crippen molar-refractivity contribution in [2.45, 2.75) is 70.7 Å². The summed E-state index contributed by atoms with van der Waals surface area (Å²) in [4.78, 5) is 48.5. The Hall–Kier alpha value is -16.4. The summed E-state index contributed by atoms with van der Waals surface area (Å²) >= 11 is 0. The standard InChI is InChI=1S/C21H19N3O3.C21H19N3O2.C21H22N2O3.C20H21N3O2.C20H17N3O2/c25-17-8-4-7-16(9-17)13-24-14-23-19(10-15-5-2-1-3-6-15)20(24)11-18-12-22-21(26)27-18;1-15-22-12-19(26-15)11-20-21(17-7-3-2-4-8-17)23-14-24(20)13-16-6-5-9-18(25)10-16;24-19-8-4-7-17(13-19)23-12-11-22(16-5-2-1-3-6-16)15-18(23)14-20-9-10-21(25)26-20;1-15-19(14-25-21-15)20-13-22(16-6-3-2-4-7-16)10-11-23(20)17-8-5-9-18(24)12-17;21-18-12-25-11-17(18)20-19(15-6-2-1-3-7-15)22-13-23(20)10-14-5-4-8-16(24)9-14/h1-9,12,14,25H,10-11,13H2,(H,22,26);2-10,12,14,22,25H,1,11,13H2;1-9,13,18,24H,10-12,14-15H2;2-9,12,14,20,24H,10-11,13H2,1H3;1-9,11-13,24H,10,21H2. The van der Waals surface area contributed by atoms with E-state index in [4.69, 9.17) is 28.6 Å². The van der Waals surface area contributed by atoms with E-state index in [1.54, 1.807) is 86.0 Å². The van der Waals surface area contributed by atoms with Crippen LogP contribution in [0.3, 0.4) is 0 Å². The molecule has 0 saturated carbocycles. The fourth-order valence-corrected chi connectivity index (χ4v) is 16.4. The van der Waals surface area contributed by atoms with E-state index >= 15 is 0 Å². The predicted octanol–water partition coefficient (Wildman–Crippen LogP) is 18.1. The van der Waals surface area contributed by atoms with E-state index in [1.165, 1.54) is 17.6 Å². The highest BCUT2D eigenvalue weighted by Gasteiger charge is 2.34. The Bertz CT molecular complexity index is 6560. The minimum atomic E-state index is -0.464. The molecular formula is C103H98N14O12. The van der Waals surface area contributed by atoms with Gasteiger partial charge >= 0.3 is 11.7 Å². The zero-order valence-electron chi connectivity index (χ0n) is 71.0. The molecule has 2 unspecified atom stereocenters. The summed E-state index contributed by atoms with van der Waals surface area (Å²) in [6.07, 6.45) is 18.4. The number of nitrogens with one attached hydrogen (secondary N) is 2. The van der Waals surface area contributed by atoms with Crippen molar-refractivity contribution in [3.63, 3.8) is 0 Å². The molecule has 20 rings (SSSR count). The first-order chi connectivity index (χ1) is 63.0. The van der Waals surface area contributed by atoms with Gasteiger partial charge in [0.25, 0.3) is 0 Å². The molecule has 0 amide bonds. The number of hydrogen-bond acceptors (Lipinski definition) is 22. The third kappa shape index (κ3) is 22.2. The highest BCUT2D eigenvalue weighted by atomic mass is 16.5. The second-order valence-electron chi connectivity index (χ2n) is 31.5. The molecule has 0 spiro atoms. The van der Waals surface area contributed by atoms with Crippen molar-refractivity contribution in [1.82, 2.24) is 44.1 Å². The van der Waals surface area contributed by atoms with E-state index in [0.29, 0.717) is 69.1 Å². The summed E-state index contributed by atoms with van der Waals surface area (Å²) in [6, 6.07) is 87.6. The fourth-order valence-electron chi connectivity index (χ4n) is 16.4. The third-order valence-corrected chi connectivity index (χ3v) is 22.5. The molecular weight excluding hydrogens is 1630 g/mol. The molecule has 26 nitrogen and oxygen atoms in total. The predicted molar refractivity (Wildman–Crippen MR) is 497 cm³/mol. The lowest BCUT2D eigenvalue weighted by molar-refractivity contribution is -0.136. The number of hydrogen-bond donors (Lipinski definition) is 8. The average molecular weight is 1720 g/mol. The van der Waals surface area contributed by atoms with E-state index in [1.807, 2.05) is 205 Å². The number of aromatic nitrogens is 8. The molecule has 129 heavy (non-hydrogen) atoms. The van der Waals surface area contributed by atoms with E-state index in [2.05, 4.69) is 110 Å². The molecule has 0 radical (unpaired) electrons. The normalized spacial score (nSPS) is 14.6. The lowest BCUT2D eigenvalue weighted by atomic mass is 10.0. The van der Waals surface area contributed by atoms with Crippen LogP contribution >= 0.6 is 0 Å². The molecule has 16 aromatic rings. The average Bonchev–Trinajstić information content (AvgIpc) is 1.71. The lowest BCUT2D eigenvalue weighted by Crippen LogP contribution is -2.53. The number of nitrogen functional groups attached to an aromatic ring is 1. The number of H-pyrrole nitrogens is 1. The molecule has 652 valence electrons. The number of nitrogens with zero attached hydrogens (tertiary/aromatic N) is 11. The highest BCUT2D eigenvalue weighted by molar-refractivity contribution is 5.84. The number of nitrogens with two attached hydrogens (primary N) is 1. The van der Waals surface area contributed by atoms with Crippen molar-refractivity contribution in [2.24, 2.45) is 0 Å². The maximum absolute atomic E-state index is 11.4. The van der Waals surface area contributed by atoms with Crippen molar-refractivity contribution >= 4 is 34.4 Å². The molecule has 2 fully saturated rings. The number of rotatable bonds is 22. The van der Waals surface area contributed by atoms with Gasteiger partial charge in [0, 0.05) is 154 Å². The molecule has 6 aromatic heterocycles. The zero-order chi connectivity index (χ0) is 89.0. The number of imidazole rings is 3. The van der Waals surface area contributed by atoms with Crippen LogP contribution in [-0.4, -0.2) is 116 Å². The van der Waals surface area contributed by atoms with E-state index < -0.39 is 5.76 Å². The van der Waals surface area contributed by atoms with Crippen LogP contribution in [0.15, 0.2) is 371 Å². The molecule has 4 aliphatic heterocycles. The number of cyclic esters (lactones) is 1. The number of para-hydroxylation sites is 2. The Morgan fingerprint density at radius 1 is 0.488 bits per heavy atom. The second-order valence-corrected chi connectivity index (χ2v) is 31.5. The summed E-state index contributed by atoms with van der Waals surface area (Å²) in [5, 5.41) is 55.9. The third-order valence-electron chi connectivity index (χ3n) is 22.5. The van der Waals surface area contributed by atoms with Gasteiger partial charge in [0.15, 0.2) is 5.88 Å². The number of aromatic amines is 1. The second kappa shape index (κ2) is 41.0. The summed E-state index contributed by atoms with van der Waals surface area (Å²) in [6.45, 7) is 12.7. The van der Waals surface area contributed by atoms with Crippen LogP contribution < -0.4 is 36.4 Å². The first kappa shape index (κ1) is 86.2. The minimum Gasteiger partial charge on any atom is -0.508 e. The SMILES string of the molecule is C=C1NC=C(Cc2c(-c3ccccc3)ncn2Cc2cccc(O)c2)O1.Cc1nocc1C1CN(c2ccccc2)CCN1c1cccc(O)c1.Nc1cocc1-c1c(-c2ccccc2)ncn1Cc1cccc(O)c1.O=C1CC=C(CC2CN(c3ccccc3)CCN2c2cccc(O)c2)O1.O=c1[nH]cc(Cc2c(Cc3ccccc3)ncn2Cc2cccc(O)c2)o1. The Balaban J connectivity index is 0.000000118. The van der Waals surface area contributed by atoms with Crippen molar-refractivity contribution in [1.29, 1.82) is 0 Å². The number of ether oxygens (including phenoxy) is 2. The molecule has 2 atom stereocenters. The molecule has 9 N–H and O–H groups in total. The molecule has 4 aliphatic rings. The Morgan fingerprint density at radius 3 is 1.52 bits per heavy atom. The Morgan fingerprint density at radius 2 is 0.992 bits per heavy atom. The smallest absolute Gasteiger partial charge is 0.416 e. The number of carbonyl (C=O) groups is 1. The number of allylic oxidation sites excluding steroid dienone is 1. The van der Waals surface area contributed by atoms with Gasteiger partial charge < -0.3 is 92.7 Å². The van der Waals surface area contributed by atoms with Gasteiger partial charge in [-0.15, -0.1) is 0 Å². The lowest BCUT2D eigenvalue weighted by Gasteiger charge is -2.44. The quantitative estimate of drug-likeness (QED) is 0.0292. The number of phenols is 5. The van der Waals surface area contributed by atoms with E-state index in [0.717, 1.165) is 147 Å². The number of furan rings is 1. The van der Waals surface area contributed by atoms with Gasteiger partial charge in [-0.3, -0.25) is 9.78 Å². The molecule has 10 aromatic carbocycles. The van der Waals surface area contributed by atoms with Crippen molar-refractivity contribution in [2.75, 3.05) is 64.6 Å². The van der Waals surface area contributed by atoms with Crippen LogP contribution in [0, 0.1) is 6.92 Å². The van der Waals surface area contributed by atoms with Gasteiger partial charge in [-0.25, -0.2) is 19.7 Å². The summed E-state index contributed by atoms with van der Waals surface area (Å²) < 4.78 is 32.8. The van der Waals surface area contributed by atoms with Gasteiger partial charge in [0.2, 0.25) is 0 Å². The first-order valence-electron chi connectivity index (χ1n) is 42.4. The maximum atomic E-state index is 11.4. The van der Waals surface area contributed by atoms with Crippen LogP contribution in [-0.2, 0) is 53.2 Å². The highest BCUT2D eigenvalue weighted by Crippen LogP contribution is 2.39. The largest absolute Gasteiger partial charge is 0.508 e. The number of aromatic hydroxyl groups is 5. The number of esters is 1. The van der Waals surface area contributed by atoms with E-state index in [-0.39, 0.29) is 46.8 Å². The molecule has 26 heteroatoms. The Kier molecular flexibility index (Phi) is 27.4. The van der Waals surface area contributed by atoms with Gasteiger partial charge in [0.1, 0.15) is 64.8 Å². The molecule has 2 saturated heterocycles. The van der Waals surface area contributed by atoms with Gasteiger partial charge in [0.05, 0.1) is 82.9 Å². The summed E-state index contributed by atoms with van der Waals surface area (Å²) in [7, 11) is 0. The number of benzene rings is 10. The van der Waals surface area contributed by atoms with Crippen molar-refractivity contribution in [3.8, 4) is 62.5 Å². The molecule has 10 heterocycles. The van der Waals surface area contributed by atoms with Gasteiger partial charge in [-0.05, 0) is 127 Å². The Labute approximate surface area is 745 Å². The molecule has 0 aliphatic carbocycles. The summed E-state index contributed by atoms with van der Waals surface area (Å²) in [5.41, 5.74) is 25.7. The number of phenolic OH excluding ortho intramolecular Hbond substituents is 5. The first-order valence-corrected chi connectivity index (χ1v) is 42.4. The zero-order valence-corrected chi connectivity index (χ0v) is 71.0. The van der Waals surface area contributed by atoms with Crippen LogP contribution in [0.2, 0.25) is 0 Å². The summed E-state index contributed by atoms with van der Waals surface area (Å²) in [5.74, 6) is 3.27. The number of aryl methyl sites for hydroxylation is 1. The minimum absolute atomic E-state index is 0.113. The number of oxazole rings is 1. The van der Waals surface area contributed by atoms with Crippen LogP contribution in [0.1, 0.15) is 75.2 Å². The molecule has 0 bridgehead atoms. The van der Waals surface area contributed by atoms with Crippen molar-refractivity contribution in [3.05, 3.63) is 420 Å². The number of piperazine rings is 2.